The number of fused-ring (bicyclic) bond motifs is 2. The number of carboxylic acid groups (broad SMARTS) is 1. The molecule has 0 amide bonds. The van der Waals surface area contributed by atoms with Gasteiger partial charge in [0.05, 0.1) is 23.7 Å². The first-order chi connectivity index (χ1) is 20.2. The number of hydrazone groups is 1. The van der Waals surface area contributed by atoms with Gasteiger partial charge >= 0.3 is 5.97 Å². The molecule has 5 N–H and O–H groups in total. The highest BCUT2D eigenvalue weighted by molar-refractivity contribution is 7.80. The van der Waals surface area contributed by atoms with Crippen LogP contribution < -0.4 is 31.5 Å². The van der Waals surface area contributed by atoms with Gasteiger partial charge in [0.1, 0.15) is 11.3 Å². The van der Waals surface area contributed by atoms with E-state index in [2.05, 4.69) is 33.0 Å². The number of rotatable bonds is 6. The third kappa shape index (κ3) is 6.07. The molecule has 2 aromatic heterocycles. The third-order valence-electron chi connectivity index (χ3n) is 7.90. The van der Waals surface area contributed by atoms with Gasteiger partial charge in [0.25, 0.3) is 0 Å². The number of pyridine rings is 2. The second kappa shape index (κ2) is 12.4. The van der Waals surface area contributed by atoms with Crippen molar-refractivity contribution in [2.24, 2.45) is 16.8 Å². The Kier molecular flexibility index (Phi) is 8.69. The number of carboxylic acids is 1. The molecule has 1 aromatic carbocycles. The lowest BCUT2D eigenvalue weighted by atomic mass is 9.94. The van der Waals surface area contributed by atoms with Crippen molar-refractivity contribution < 1.29 is 19.0 Å². The lowest BCUT2D eigenvalue weighted by molar-refractivity contribution is 0.0694. The topological polar surface area (TPSA) is 147 Å². The van der Waals surface area contributed by atoms with Gasteiger partial charge in [-0.1, -0.05) is 6.07 Å². The Bertz CT molecular complexity index is 1580. The summed E-state index contributed by atoms with van der Waals surface area (Å²) < 4.78 is 22.8. The van der Waals surface area contributed by atoms with Crippen LogP contribution in [-0.2, 0) is 0 Å². The van der Waals surface area contributed by atoms with Crippen LogP contribution in [0.4, 0.5) is 10.1 Å². The number of benzene rings is 1. The average Bonchev–Trinajstić information content (AvgIpc) is 3.74. The Morgan fingerprint density at radius 3 is 2.74 bits per heavy atom. The Labute approximate surface area is 247 Å². The third-order valence-corrected chi connectivity index (χ3v) is 7.99. The predicted octanol–water partition coefficient (Wildman–Crippen LogP) is 3.01. The van der Waals surface area contributed by atoms with E-state index in [1.54, 1.807) is 17.0 Å². The molecule has 2 atom stereocenters. The van der Waals surface area contributed by atoms with E-state index in [0.717, 1.165) is 50.0 Å². The van der Waals surface area contributed by atoms with Crippen molar-refractivity contribution in [3.8, 4) is 5.75 Å². The van der Waals surface area contributed by atoms with E-state index >= 15 is 4.39 Å². The van der Waals surface area contributed by atoms with E-state index < -0.39 is 17.2 Å². The molecule has 3 aliphatic rings. The van der Waals surface area contributed by atoms with Gasteiger partial charge in [0.2, 0.25) is 5.43 Å². The quantitative estimate of drug-likeness (QED) is 0.191. The van der Waals surface area contributed by atoms with Gasteiger partial charge < -0.3 is 30.4 Å². The zero-order valence-electron chi connectivity index (χ0n) is 23.5. The molecule has 13 heteroatoms. The number of ether oxygens (including phenoxy) is 1. The molecule has 3 fully saturated rings. The van der Waals surface area contributed by atoms with Crippen LogP contribution in [0.25, 0.3) is 10.9 Å². The lowest BCUT2D eigenvalue weighted by Crippen LogP contribution is -2.40. The van der Waals surface area contributed by atoms with Gasteiger partial charge in [0.15, 0.2) is 16.7 Å². The Morgan fingerprint density at radius 1 is 1.33 bits per heavy atom. The summed E-state index contributed by atoms with van der Waals surface area (Å²) in [5.41, 5.74) is 9.30. The molecular formula is C29H34FN7O4S. The second-order valence-electron chi connectivity index (χ2n) is 10.7. The molecule has 0 bridgehead atoms. The number of carbonyl (C=O) groups is 1. The van der Waals surface area contributed by atoms with Gasteiger partial charge in [-0.05, 0) is 69.4 Å². The van der Waals surface area contributed by atoms with E-state index in [1.807, 2.05) is 24.0 Å². The first kappa shape index (κ1) is 29.4. The van der Waals surface area contributed by atoms with E-state index in [0.29, 0.717) is 35.5 Å². The maximum absolute atomic E-state index is 15.3. The Balaban J connectivity index is 0.000000229. The van der Waals surface area contributed by atoms with Crippen LogP contribution in [0.5, 0.6) is 5.75 Å². The molecule has 0 unspecified atom stereocenters. The second-order valence-corrected chi connectivity index (χ2v) is 11.2. The van der Waals surface area contributed by atoms with Crippen molar-refractivity contribution in [3.05, 3.63) is 64.0 Å². The minimum Gasteiger partial charge on any atom is -0.492 e. The number of thiocarbonyl (C=S) groups is 1. The summed E-state index contributed by atoms with van der Waals surface area (Å²) >= 11 is 4.61. The zero-order chi connectivity index (χ0) is 30.0. The smallest absolute Gasteiger partial charge is 0.341 e. The first-order valence-corrected chi connectivity index (χ1v) is 14.3. The molecule has 2 aliphatic heterocycles. The van der Waals surface area contributed by atoms with Crippen LogP contribution >= 0.6 is 12.2 Å². The van der Waals surface area contributed by atoms with Crippen molar-refractivity contribution in [2.75, 3.05) is 31.6 Å². The van der Waals surface area contributed by atoms with Crippen molar-refractivity contribution in [1.29, 1.82) is 0 Å². The fourth-order valence-corrected chi connectivity index (χ4v) is 5.78. The normalized spacial score (nSPS) is 20.0. The highest BCUT2D eigenvalue weighted by atomic mass is 32.1. The number of nitrogens with two attached hydrogens (primary N) is 1. The predicted molar refractivity (Wildman–Crippen MR) is 163 cm³/mol. The molecule has 222 valence electrons. The summed E-state index contributed by atoms with van der Waals surface area (Å²) in [7, 11) is 1.48. The van der Waals surface area contributed by atoms with Gasteiger partial charge in [-0.3, -0.25) is 15.2 Å². The summed E-state index contributed by atoms with van der Waals surface area (Å²) in [6, 6.07) is 5.37. The number of anilines is 1. The number of nitrogens with zero attached hydrogens (tertiary/aromatic N) is 4. The maximum atomic E-state index is 15.3. The summed E-state index contributed by atoms with van der Waals surface area (Å²) in [5.74, 6) is -1.07. The Morgan fingerprint density at radius 2 is 2.12 bits per heavy atom. The number of halogens is 1. The molecule has 11 nitrogen and oxygen atoms in total. The van der Waals surface area contributed by atoms with Crippen molar-refractivity contribution in [1.82, 2.24) is 20.3 Å². The molecule has 6 rings (SSSR count). The molecular weight excluding hydrogens is 561 g/mol. The number of hydrogen-bond acceptors (Lipinski definition) is 8. The Hall–Kier alpha value is -4.10. The number of piperidine rings is 1. The largest absolute Gasteiger partial charge is 0.492 e. The minimum absolute atomic E-state index is 0.0599. The van der Waals surface area contributed by atoms with Crippen LogP contribution in [0.15, 0.2) is 46.7 Å². The standard InChI is InChI=1S/C21H24FN3O4.C8H10N4S/c1-29-20-17-13(19(26)14(21(27)28)9-25(17)12-4-5-12)7-15(22)18(20)24-8-11-3-2-6-23-16(11)10-24;1-6(11-12-8(9)13)7-3-2-4-10-5-7/h7,9,11-12,16,23H,2-6,8,10H2,1H3,(H,27,28);2-5H,1H3,(H3,9,12,13)/b;11-6+/t11-,16+;/m0./s1. The maximum Gasteiger partial charge on any atom is 0.341 e. The fraction of sp³-hybridized carbons (Fsp3) is 0.414. The summed E-state index contributed by atoms with van der Waals surface area (Å²) in [6.07, 6.45) is 8.83. The summed E-state index contributed by atoms with van der Waals surface area (Å²) in [4.78, 5) is 30.3. The van der Waals surface area contributed by atoms with Crippen molar-refractivity contribution in [2.45, 2.75) is 44.7 Å². The molecule has 0 radical (unpaired) electrons. The van der Waals surface area contributed by atoms with Crippen LogP contribution in [0.1, 0.15) is 54.6 Å². The highest BCUT2D eigenvalue weighted by Gasteiger charge is 2.38. The fourth-order valence-electron chi connectivity index (χ4n) is 5.73. The summed E-state index contributed by atoms with van der Waals surface area (Å²) in [6.45, 7) is 4.25. The van der Waals surface area contributed by atoms with E-state index in [9.17, 15) is 14.7 Å². The van der Waals surface area contributed by atoms with Gasteiger partial charge in [-0.15, -0.1) is 0 Å². The SMILES string of the molecule is C/C(=N\NC(N)=S)c1cccnc1.COc1c(N2C[C@@H]3CCCN[C@@H]3C2)c(F)cc2c(=O)c(C(=O)O)cn(C3CC3)c12. The molecule has 2 saturated heterocycles. The number of aromatic carboxylic acids is 1. The lowest BCUT2D eigenvalue weighted by Gasteiger charge is -2.25. The minimum atomic E-state index is -1.30. The molecule has 42 heavy (non-hydrogen) atoms. The monoisotopic (exact) mass is 595 g/mol. The summed E-state index contributed by atoms with van der Waals surface area (Å²) in [5, 5.41) is 17.1. The molecule has 1 saturated carbocycles. The van der Waals surface area contributed by atoms with Crippen LogP contribution in [0.2, 0.25) is 0 Å². The molecule has 1 aliphatic carbocycles. The first-order valence-electron chi connectivity index (χ1n) is 13.9. The number of methoxy groups -OCH3 is 1. The molecule has 3 aromatic rings. The van der Waals surface area contributed by atoms with E-state index in [1.165, 1.54) is 19.4 Å². The van der Waals surface area contributed by atoms with E-state index in [4.69, 9.17) is 10.5 Å². The number of aromatic nitrogens is 2. The number of nitrogens with one attached hydrogen (secondary N) is 2. The van der Waals surface area contributed by atoms with Gasteiger partial charge in [-0.25, -0.2) is 9.18 Å². The average molecular weight is 596 g/mol. The highest BCUT2D eigenvalue weighted by Crippen LogP contribution is 2.45. The van der Waals surface area contributed by atoms with Crippen LogP contribution in [0.3, 0.4) is 0 Å². The van der Waals surface area contributed by atoms with Gasteiger partial charge in [-0.2, -0.15) is 5.10 Å². The van der Waals surface area contributed by atoms with Gasteiger partial charge in [0, 0.05) is 49.3 Å². The van der Waals surface area contributed by atoms with Crippen molar-refractivity contribution in [3.63, 3.8) is 0 Å². The van der Waals surface area contributed by atoms with Crippen LogP contribution in [-0.4, -0.2) is 64.2 Å². The zero-order valence-corrected chi connectivity index (χ0v) is 24.3. The molecule has 4 heterocycles. The van der Waals surface area contributed by atoms with Crippen LogP contribution in [0, 0.1) is 11.7 Å². The van der Waals surface area contributed by atoms with E-state index in [-0.39, 0.29) is 22.1 Å². The van der Waals surface area contributed by atoms with Crippen molar-refractivity contribution >= 4 is 45.6 Å². The number of hydrogen-bond donors (Lipinski definition) is 4. The molecule has 0 spiro atoms.